The summed E-state index contributed by atoms with van der Waals surface area (Å²) in [5.41, 5.74) is 10.1. The van der Waals surface area contributed by atoms with Crippen molar-refractivity contribution in [2.75, 3.05) is 5.75 Å². The molecule has 0 spiro atoms. The summed E-state index contributed by atoms with van der Waals surface area (Å²) in [6.07, 6.45) is 0.586. The van der Waals surface area contributed by atoms with E-state index in [0.29, 0.717) is 6.42 Å². The van der Waals surface area contributed by atoms with Gasteiger partial charge in [0.25, 0.3) is 0 Å². The van der Waals surface area contributed by atoms with Gasteiger partial charge in [0.05, 0.1) is 6.04 Å². The number of nitrogens with two attached hydrogens (primary N) is 2. The minimum absolute atomic E-state index is 0.0231. The van der Waals surface area contributed by atoms with Crippen molar-refractivity contribution in [2.45, 2.75) is 18.9 Å². The molecule has 0 radical (unpaired) electrons. The van der Waals surface area contributed by atoms with Crippen LogP contribution >= 0.6 is 12.6 Å². The van der Waals surface area contributed by atoms with Crippen LogP contribution in [0.5, 0.6) is 0 Å². The summed E-state index contributed by atoms with van der Waals surface area (Å²) in [4.78, 5) is 21.0. The van der Waals surface area contributed by atoms with Crippen LogP contribution in [0.3, 0.4) is 0 Å². The summed E-state index contributed by atoms with van der Waals surface area (Å²) >= 11 is 3.76. The Morgan fingerprint density at radius 3 is 2.36 bits per heavy atom. The number of rotatable bonds is 5. The lowest BCUT2D eigenvalue weighted by Crippen LogP contribution is -2.36. The zero-order valence-electron chi connectivity index (χ0n) is 6.12. The van der Waals surface area contributed by atoms with E-state index in [1.807, 2.05) is 0 Å². The molecule has 0 saturated heterocycles. The molecule has 0 aromatic heterocycles. The summed E-state index contributed by atoms with van der Waals surface area (Å²) in [7, 11) is 0. The molecule has 1 atom stereocenters. The van der Waals surface area contributed by atoms with Gasteiger partial charge in [-0.15, -0.1) is 0 Å². The summed E-state index contributed by atoms with van der Waals surface area (Å²) in [6, 6.07) is -0.709. The van der Waals surface area contributed by atoms with Gasteiger partial charge in [0.2, 0.25) is 5.91 Å². The molecule has 0 aromatic carbocycles. The number of carbonyl (C=O) groups is 2. The normalized spacial score (nSPS) is 12.5. The topological polar surface area (TPSA) is 86.2 Å². The maximum atomic E-state index is 10.7. The highest BCUT2D eigenvalue weighted by atomic mass is 32.1. The van der Waals surface area contributed by atoms with Crippen LogP contribution in [0.15, 0.2) is 0 Å². The number of hydrogen-bond donors (Lipinski definition) is 3. The molecular formula is C6H12N2O2S. The second-order valence-corrected chi connectivity index (χ2v) is 2.56. The van der Waals surface area contributed by atoms with Gasteiger partial charge in [-0.05, 0) is 6.42 Å². The average molecular weight is 176 g/mol. The third kappa shape index (κ3) is 4.80. The van der Waals surface area contributed by atoms with Gasteiger partial charge in [-0.1, -0.05) is 0 Å². The second-order valence-electron chi connectivity index (χ2n) is 2.24. The molecule has 1 amide bonds. The molecule has 11 heavy (non-hydrogen) atoms. The van der Waals surface area contributed by atoms with Crippen LogP contribution < -0.4 is 11.5 Å². The van der Waals surface area contributed by atoms with Crippen LogP contribution in [0.2, 0.25) is 0 Å². The zero-order chi connectivity index (χ0) is 8.85. The molecule has 0 aromatic rings. The van der Waals surface area contributed by atoms with Gasteiger partial charge in [0.15, 0.2) is 0 Å². The molecule has 0 aliphatic carbocycles. The van der Waals surface area contributed by atoms with Crippen molar-refractivity contribution in [1.29, 1.82) is 0 Å². The number of amides is 1. The Morgan fingerprint density at radius 2 is 2.00 bits per heavy atom. The van der Waals surface area contributed by atoms with Crippen LogP contribution in [0.1, 0.15) is 12.8 Å². The quantitative estimate of drug-likeness (QED) is 0.473. The molecule has 0 aliphatic heterocycles. The highest BCUT2D eigenvalue weighted by Crippen LogP contribution is 1.96. The summed E-state index contributed by atoms with van der Waals surface area (Å²) in [5.74, 6) is -0.409. The first-order valence-corrected chi connectivity index (χ1v) is 3.88. The van der Waals surface area contributed by atoms with Crippen molar-refractivity contribution in [3.05, 3.63) is 0 Å². The molecule has 0 fully saturated rings. The second kappa shape index (κ2) is 5.15. The predicted molar refractivity (Wildman–Crippen MR) is 45.3 cm³/mol. The predicted octanol–water partition coefficient (Wildman–Crippen LogP) is -0.922. The van der Waals surface area contributed by atoms with E-state index < -0.39 is 11.9 Å². The van der Waals surface area contributed by atoms with E-state index in [1.54, 1.807) is 0 Å². The Bertz CT molecular complexity index is 161. The molecule has 64 valence electrons. The lowest BCUT2D eigenvalue weighted by atomic mass is 10.1. The van der Waals surface area contributed by atoms with Gasteiger partial charge in [0, 0.05) is 12.2 Å². The van der Waals surface area contributed by atoms with E-state index in [1.165, 1.54) is 0 Å². The maximum absolute atomic E-state index is 10.7. The van der Waals surface area contributed by atoms with E-state index in [0.717, 1.165) is 0 Å². The molecule has 0 unspecified atom stereocenters. The van der Waals surface area contributed by atoms with Crippen molar-refractivity contribution in [3.63, 3.8) is 0 Å². The van der Waals surface area contributed by atoms with Gasteiger partial charge in [-0.2, -0.15) is 12.6 Å². The highest BCUT2D eigenvalue weighted by Gasteiger charge is 2.10. The Labute approximate surface area is 70.7 Å². The fraction of sp³-hybridized carbons (Fsp3) is 0.667. The Morgan fingerprint density at radius 1 is 1.45 bits per heavy atom. The van der Waals surface area contributed by atoms with Gasteiger partial charge >= 0.3 is 0 Å². The third-order valence-electron chi connectivity index (χ3n) is 1.28. The Hall–Kier alpha value is -0.550. The smallest absolute Gasteiger partial charge is 0.234 e. The van der Waals surface area contributed by atoms with Crippen LogP contribution in [0, 0.1) is 0 Å². The van der Waals surface area contributed by atoms with Crippen molar-refractivity contribution in [3.8, 4) is 0 Å². The first kappa shape index (κ1) is 10.4. The van der Waals surface area contributed by atoms with Crippen molar-refractivity contribution < 1.29 is 9.59 Å². The summed E-state index contributed by atoms with van der Waals surface area (Å²) in [6.45, 7) is 0. The standard InChI is InChI=1S/C6H12N2O2S/c7-5(6(8)10)2-1-4(9)3-11/h5,11H,1-3,7H2,(H2,8,10)/t5-/m0/s1. The number of carbonyl (C=O) groups excluding carboxylic acids is 2. The molecule has 0 heterocycles. The highest BCUT2D eigenvalue weighted by molar-refractivity contribution is 7.81. The number of Topliss-reactive ketones (excluding diaryl/α,β-unsaturated/α-hetero) is 1. The average Bonchev–Trinajstić information content (AvgIpc) is 1.99. The third-order valence-corrected chi connectivity index (χ3v) is 1.63. The molecule has 0 saturated carbocycles. The monoisotopic (exact) mass is 176 g/mol. The van der Waals surface area contributed by atoms with Gasteiger partial charge in [-0.25, -0.2) is 0 Å². The van der Waals surface area contributed by atoms with E-state index in [4.69, 9.17) is 11.5 Å². The van der Waals surface area contributed by atoms with Crippen LogP contribution in [0.25, 0.3) is 0 Å². The Kier molecular flexibility index (Phi) is 4.89. The maximum Gasteiger partial charge on any atom is 0.234 e. The zero-order valence-corrected chi connectivity index (χ0v) is 7.01. The van der Waals surface area contributed by atoms with Crippen LogP contribution in [-0.4, -0.2) is 23.5 Å². The van der Waals surface area contributed by atoms with Gasteiger partial charge in [-0.3, -0.25) is 9.59 Å². The first-order chi connectivity index (χ1) is 5.07. The number of ketones is 1. The fourth-order valence-electron chi connectivity index (χ4n) is 0.538. The lowest BCUT2D eigenvalue weighted by Gasteiger charge is -2.04. The molecular weight excluding hydrogens is 164 g/mol. The van der Waals surface area contributed by atoms with E-state index in [-0.39, 0.29) is 18.0 Å². The molecule has 4 nitrogen and oxygen atoms in total. The fourth-order valence-corrected chi connectivity index (χ4v) is 0.696. The van der Waals surface area contributed by atoms with Crippen molar-refractivity contribution in [2.24, 2.45) is 11.5 Å². The minimum Gasteiger partial charge on any atom is -0.368 e. The SMILES string of the molecule is NC(=O)[C@@H](N)CCC(=O)CS. The first-order valence-electron chi connectivity index (χ1n) is 3.25. The van der Waals surface area contributed by atoms with E-state index in [2.05, 4.69) is 12.6 Å². The summed E-state index contributed by atoms with van der Waals surface area (Å²) in [5, 5.41) is 0. The van der Waals surface area contributed by atoms with Crippen molar-refractivity contribution in [1.82, 2.24) is 0 Å². The van der Waals surface area contributed by atoms with Gasteiger partial charge < -0.3 is 11.5 Å². The van der Waals surface area contributed by atoms with Crippen LogP contribution in [0.4, 0.5) is 0 Å². The number of thiol groups is 1. The van der Waals surface area contributed by atoms with Crippen LogP contribution in [-0.2, 0) is 9.59 Å². The van der Waals surface area contributed by atoms with Gasteiger partial charge in [0.1, 0.15) is 5.78 Å². The largest absolute Gasteiger partial charge is 0.368 e. The lowest BCUT2D eigenvalue weighted by molar-refractivity contribution is -0.119. The number of primary amides is 1. The minimum atomic E-state index is -0.709. The molecule has 0 aliphatic rings. The molecule has 0 bridgehead atoms. The molecule has 5 heteroatoms. The molecule has 0 rings (SSSR count). The van der Waals surface area contributed by atoms with E-state index >= 15 is 0 Å². The Balaban J connectivity index is 3.54. The molecule has 4 N–H and O–H groups in total. The van der Waals surface area contributed by atoms with E-state index in [9.17, 15) is 9.59 Å². The summed E-state index contributed by atoms with van der Waals surface area (Å²) < 4.78 is 0. The van der Waals surface area contributed by atoms with Crippen molar-refractivity contribution >= 4 is 24.3 Å². The number of hydrogen-bond acceptors (Lipinski definition) is 4.